The number of hydrogen-bond donors (Lipinski definition) is 1. The number of nitrogen functional groups attached to an aromatic ring is 1. The Kier molecular flexibility index (Phi) is 5.43. The molecule has 2 N–H and O–H groups in total. The summed E-state index contributed by atoms with van der Waals surface area (Å²) in [6, 6.07) is 5.59. The minimum absolute atomic E-state index is 0.669. The van der Waals surface area contributed by atoms with Gasteiger partial charge in [-0.15, -0.1) is 0 Å². The van der Waals surface area contributed by atoms with Crippen molar-refractivity contribution in [1.82, 2.24) is 0 Å². The van der Waals surface area contributed by atoms with Gasteiger partial charge in [-0.2, -0.15) is 0 Å². The molecular formula is C12H19ClN2O. The average Bonchev–Trinajstić information content (AvgIpc) is 2.26. The van der Waals surface area contributed by atoms with Crippen LogP contribution in [0.4, 0.5) is 11.4 Å². The number of hydrogen-bond acceptors (Lipinski definition) is 3. The number of rotatable bonds is 6. The fraction of sp³-hybridized carbons (Fsp3) is 0.500. The molecule has 0 saturated heterocycles. The van der Waals surface area contributed by atoms with Crippen LogP contribution in [0.5, 0.6) is 0 Å². The van der Waals surface area contributed by atoms with Crippen molar-refractivity contribution >= 4 is 23.0 Å². The first-order valence-electron chi connectivity index (χ1n) is 5.56. The molecule has 0 atom stereocenters. The van der Waals surface area contributed by atoms with Crippen molar-refractivity contribution in [3.05, 3.63) is 23.2 Å². The standard InChI is InChI=1S/C12H19ClN2O/c1-3-15(7-8-16-4-2)12-6-5-10(13)9-11(12)14/h5-6,9H,3-4,7-8,14H2,1-2H3. The monoisotopic (exact) mass is 242 g/mol. The van der Waals surface area contributed by atoms with Crippen molar-refractivity contribution < 1.29 is 4.74 Å². The van der Waals surface area contributed by atoms with Gasteiger partial charge < -0.3 is 15.4 Å². The Morgan fingerprint density at radius 2 is 2.12 bits per heavy atom. The van der Waals surface area contributed by atoms with Gasteiger partial charge in [0, 0.05) is 24.7 Å². The Morgan fingerprint density at radius 3 is 2.69 bits per heavy atom. The molecule has 0 fully saturated rings. The summed E-state index contributed by atoms with van der Waals surface area (Å²) < 4.78 is 5.34. The first-order chi connectivity index (χ1) is 7.69. The van der Waals surface area contributed by atoms with Gasteiger partial charge in [-0.25, -0.2) is 0 Å². The van der Waals surface area contributed by atoms with Crippen LogP contribution >= 0.6 is 11.6 Å². The average molecular weight is 243 g/mol. The van der Waals surface area contributed by atoms with Crippen LogP contribution in [-0.4, -0.2) is 26.3 Å². The maximum Gasteiger partial charge on any atom is 0.0641 e. The topological polar surface area (TPSA) is 38.5 Å². The van der Waals surface area contributed by atoms with Gasteiger partial charge in [-0.05, 0) is 32.0 Å². The largest absolute Gasteiger partial charge is 0.397 e. The van der Waals surface area contributed by atoms with Gasteiger partial charge >= 0.3 is 0 Å². The molecule has 16 heavy (non-hydrogen) atoms. The van der Waals surface area contributed by atoms with Crippen molar-refractivity contribution in [2.24, 2.45) is 0 Å². The van der Waals surface area contributed by atoms with Crippen LogP contribution in [0.25, 0.3) is 0 Å². The van der Waals surface area contributed by atoms with E-state index in [-0.39, 0.29) is 0 Å². The second kappa shape index (κ2) is 6.61. The molecule has 0 heterocycles. The van der Waals surface area contributed by atoms with E-state index in [0.29, 0.717) is 17.3 Å². The van der Waals surface area contributed by atoms with Gasteiger partial charge in [-0.3, -0.25) is 0 Å². The Hall–Kier alpha value is -0.930. The molecule has 90 valence electrons. The minimum Gasteiger partial charge on any atom is -0.397 e. The maximum absolute atomic E-state index is 5.94. The fourth-order valence-electron chi connectivity index (χ4n) is 1.58. The van der Waals surface area contributed by atoms with Crippen molar-refractivity contribution in [2.45, 2.75) is 13.8 Å². The third kappa shape index (κ3) is 3.58. The molecule has 1 rings (SSSR count). The number of halogens is 1. The summed E-state index contributed by atoms with van der Waals surface area (Å²) in [5.74, 6) is 0. The number of ether oxygens (including phenoxy) is 1. The predicted octanol–water partition coefficient (Wildman–Crippen LogP) is 2.79. The van der Waals surface area contributed by atoms with Crippen LogP contribution in [0.15, 0.2) is 18.2 Å². The van der Waals surface area contributed by atoms with Crippen molar-refractivity contribution in [2.75, 3.05) is 36.9 Å². The lowest BCUT2D eigenvalue weighted by Crippen LogP contribution is -2.27. The van der Waals surface area contributed by atoms with Crippen molar-refractivity contribution in [3.8, 4) is 0 Å². The highest BCUT2D eigenvalue weighted by Crippen LogP contribution is 2.26. The SMILES string of the molecule is CCOCCN(CC)c1ccc(Cl)cc1N. The molecule has 0 saturated carbocycles. The molecule has 0 spiro atoms. The molecule has 0 unspecified atom stereocenters. The number of anilines is 2. The lowest BCUT2D eigenvalue weighted by molar-refractivity contribution is 0.154. The Morgan fingerprint density at radius 1 is 1.38 bits per heavy atom. The number of nitrogens with zero attached hydrogens (tertiary/aromatic N) is 1. The third-order valence-corrected chi connectivity index (χ3v) is 2.66. The molecule has 0 aliphatic heterocycles. The lowest BCUT2D eigenvalue weighted by Gasteiger charge is -2.24. The number of likely N-dealkylation sites (N-methyl/N-ethyl adjacent to an activating group) is 1. The normalized spacial score (nSPS) is 10.4. The van der Waals surface area contributed by atoms with E-state index in [2.05, 4.69) is 11.8 Å². The maximum atomic E-state index is 5.94. The minimum atomic E-state index is 0.669. The number of benzene rings is 1. The molecule has 0 aromatic heterocycles. The van der Waals surface area contributed by atoms with E-state index in [4.69, 9.17) is 22.1 Å². The van der Waals surface area contributed by atoms with Gasteiger partial charge in [-0.1, -0.05) is 11.6 Å². The molecule has 4 heteroatoms. The molecular weight excluding hydrogens is 224 g/mol. The zero-order valence-electron chi connectivity index (χ0n) is 9.87. The van der Waals surface area contributed by atoms with E-state index >= 15 is 0 Å². The summed E-state index contributed by atoms with van der Waals surface area (Å²) in [5, 5.41) is 0.669. The summed E-state index contributed by atoms with van der Waals surface area (Å²) in [6.07, 6.45) is 0. The molecule has 1 aromatic rings. The van der Waals surface area contributed by atoms with Crippen LogP contribution in [0.2, 0.25) is 5.02 Å². The first kappa shape index (κ1) is 13.1. The van der Waals surface area contributed by atoms with E-state index in [1.165, 1.54) is 0 Å². The van der Waals surface area contributed by atoms with Crippen LogP contribution in [0.1, 0.15) is 13.8 Å². The predicted molar refractivity (Wildman–Crippen MR) is 70.2 cm³/mol. The molecule has 0 bridgehead atoms. The summed E-state index contributed by atoms with van der Waals surface area (Å²) in [4.78, 5) is 2.18. The van der Waals surface area contributed by atoms with Gasteiger partial charge in [0.15, 0.2) is 0 Å². The molecule has 1 aromatic carbocycles. The first-order valence-corrected chi connectivity index (χ1v) is 5.94. The Bertz CT molecular complexity index is 331. The van der Waals surface area contributed by atoms with Crippen LogP contribution in [-0.2, 0) is 4.74 Å². The highest BCUT2D eigenvalue weighted by atomic mass is 35.5. The van der Waals surface area contributed by atoms with E-state index in [9.17, 15) is 0 Å². The third-order valence-electron chi connectivity index (χ3n) is 2.42. The highest BCUT2D eigenvalue weighted by Gasteiger charge is 2.07. The smallest absolute Gasteiger partial charge is 0.0641 e. The molecule has 0 aliphatic carbocycles. The van der Waals surface area contributed by atoms with Gasteiger partial charge in [0.2, 0.25) is 0 Å². The van der Waals surface area contributed by atoms with E-state index in [0.717, 1.165) is 25.4 Å². The lowest BCUT2D eigenvalue weighted by atomic mass is 10.2. The number of nitrogens with two attached hydrogens (primary N) is 1. The van der Waals surface area contributed by atoms with E-state index in [1.807, 2.05) is 19.1 Å². The van der Waals surface area contributed by atoms with Gasteiger partial charge in [0.05, 0.1) is 18.0 Å². The van der Waals surface area contributed by atoms with Crippen molar-refractivity contribution in [3.63, 3.8) is 0 Å². The van der Waals surface area contributed by atoms with Crippen molar-refractivity contribution in [1.29, 1.82) is 0 Å². The zero-order valence-corrected chi connectivity index (χ0v) is 10.6. The Labute approximate surface area is 102 Å². The van der Waals surface area contributed by atoms with Crippen LogP contribution in [0.3, 0.4) is 0 Å². The van der Waals surface area contributed by atoms with Gasteiger partial charge in [0.25, 0.3) is 0 Å². The second-order valence-corrected chi connectivity index (χ2v) is 3.92. The van der Waals surface area contributed by atoms with E-state index < -0.39 is 0 Å². The highest BCUT2D eigenvalue weighted by molar-refractivity contribution is 6.31. The second-order valence-electron chi connectivity index (χ2n) is 3.48. The summed E-state index contributed by atoms with van der Waals surface area (Å²) in [6.45, 7) is 7.29. The van der Waals surface area contributed by atoms with Crippen LogP contribution in [0, 0.1) is 0 Å². The zero-order chi connectivity index (χ0) is 12.0. The molecule has 0 aliphatic rings. The van der Waals surface area contributed by atoms with E-state index in [1.54, 1.807) is 6.07 Å². The molecule has 0 radical (unpaired) electrons. The van der Waals surface area contributed by atoms with Gasteiger partial charge in [0.1, 0.15) is 0 Å². The quantitative estimate of drug-likeness (QED) is 0.616. The molecule has 3 nitrogen and oxygen atoms in total. The fourth-order valence-corrected chi connectivity index (χ4v) is 1.76. The van der Waals surface area contributed by atoms with Crippen LogP contribution < -0.4 is 10.6 Å². The summed E-state index contributed by atoms with van der Waals surface area (Å²) >= 11 is 5.87. The molecule has 0 amide bonds. The summed E-state index contributed by atoms with van der Waals surface area (Å²) in [7, 11) is 0. The Balaban J connectivity index is 2.70. The summed E-state index contributed by atoms with van der Waals surface area (Å²) in [5.41, 5.74) is 7.67.